The molecule has 0 saturated heterocycles. The minimum absolute atomic E-state index is 0.00703. The molecule has 6 nitrogen and oxygen atoms in total. The van der Waals surface area contributed by atoms with Crippen molar-refractivity contribution >= 4 is 29.4 Å². The number of fused-ring (bicyclic) bond motifs is 1. The van der Waals surface area contributed by atoms with Crippen LogP contribution < -0.4 is 10.6 Å². The SMILES string of the molecule is CCOC(=O)N1c2ccc(Cl)cc2[C@@H](N(Cc2cc(C(F)(F)F)cc(C(F)(F)F)c2)C(N)=O)C[C@H]1C. The van der Waals surface area contributed by atoms with E-state index in [1.165, 1.54) is 23.1 Å². The lowest BCUT2D eigenvalue weighted by atomic mass is 9.90. The molecule has 0 aromatic heterocycles. The first-order valence-electron chi connectivity index (χ1n) is 10.7. The van der Waals surface area contributed by atoms with E-state index < -0.39 is 59.8 Å². The highest BCUT2D eigenvalue weighted by atomic mass is 35.5. The van der Waals surface area contributed by atoms with Gasteiger partial charge in [0, 0.05) is 23.2 Å². The summed E-state index contributed by atoms with van der Waals surface area (Å²) < 4.78 is 85.1. The van der Waals surface area contributed by atoms with E-state index in [0.29, 0.717) is 23.4 Å². The van der Waals surface area contributed by atoms with E-state index in [4.69, 9.17) is 22.1 Å². The van der Waals surface area contributed by atoms with Gasteiger partial charge in [-0.2, -0.15) is 26.3 Å². The van der Waals surface area contributed by atoms with Crippen molar-refractivity contribution in [3.63, 3.8) is 0 Å². The van der Waals surface area contributed by atoms with E-state index in [2.05, 4.69) is 0 Å². The van der Waals surface area contributed by atoms with E-state index in [9.17, 15) is 35.9 Å². The molecule has 13 heteroatoms. The molecule has 1 aliphatic heterocycles. The maximum atomic E-state index is 13.3. The number of hydrogen-bond acceptors (Lipinski definition) is 3. The molecule has 196 valence electrons. The van der Waals surface area contributed by atoms with Gasteiger partial charge >= 0.3 is 24.5 Å². The van der Waals surface area contributed by atoms with Crippen LogP contribution in [0, 0.1) is 0 Å². The van der Waals surface area contributed by atoms with Gasteiger partial charge in [-0.15, -0.1) is 0 Å². The summed E-state index contributed by atoms with van der Waals surface area (Å²) in [5.74, 6) is 0. The van der Waals surface area contributed by atoms with Crippen LogP contribution in [0.3, 0.4) is 0 Å². The van der Waals surface area contributed by atoms with Crippen LogP contribution in [0.1, 0.15) is 48.6 Å². The second-order valence-corrected chi connectivity index (χ2v) is 8.69. The first-order chi connectivity index (χ1) is 16.6. The van der Waals surface area contributed by atoms with Crippen LogP contribution >= 0.6 is 11.6 Å². The normalized spacial score (nSPS) is 18.0. The Morgan fingerprint density at radius 3 is 2.17 bits per heavy atom. The lowest BCUT2D eigenvalue weighted by Crippen LogP contribution is -2.48. The highest BCUT2D eigenvalue weighted by Crippen LogP contribution is 2.43. The van der Waals surface area contributed by atoms with Crippen LogP contribution in [0.25, 0.3) is 0 Å². The number of primary amides is 1. The third-order valence-electron chi connectivity index (χ3n) is 5.74. The lowest BCUT2D eigenvalue weighted by molar-refractivity contribution is -0.143. The molecule has 0 bridgehead atoms. The summed E-state index contributed by atoms with van der Waals surface area (Å²) in [6.07, 6.45) is -10.7. The zero-order valence-corrected chi connectivity index (χ0v) is 19.8. The van der Waals surface area contributed by atoms with E-state index >= 15 is 0 Å². The van der Waals surface area contributed by atoms with Gasteiger partial charge in [-0.1, -0.05) is 11.6 Å². The number of hydrogen-bond donors (Lipinski definition) is 1. The Balaban J connectivity index is 2.09. The number of benzene rings is 2. The summed E-state index contributed by atoms with van der Waals surface area (Å²) in [4.78, 5) is 27.3. The fourth-order valence-corrected chi connectivity index (χ4v) is 4.40. The summed E-state index contributed by atoms with van der Waals surface area (Å²) in [5, 5.41) is 0.236. The number of amides is 3. The van der Waals surface area contributed by atoms with Gasteiger partial charge in [0.25, 0.3) is 0 Å². The van der Waals surface area contributed by atoms with Crippen molar-refractivity contribution in [2.45, 2.75) is 51.2 Å². The quantitative estimate of drug-likeness (QED) is 0.438. The predicted octanol–water partition coefficient (Wildman–Crippen LogP) is 6.75. The Bertz CT molecular complexity index is 1120. The van der Waals surface area contributed by atoms with Crippen molar-refractivity contribution < 1.29 is 40.7 Å². The van der Waals surface area contributed by atoms with Crippen molar-refractivity contribution in [1.29, 1.82) is 0 Å². The molecule has 2 aromatic rings. The highest BCUT2D eigenvalue weighted by Gasteiger charge is 2.40. The molecule has 36 heavy (non-hydrogen) atoms. The summed E-state index contributed by atoms with van der Waals surface area (Å²) >= 11 is 6.13. The number of alkyl halides is 6. The van der Waals surface area contributed by atoms with Crippen LogP contribution in [-0.4, -0.2) is 29.7 Å². The Labute approximate surface area is 207 Å². The maximum Gasteiger partial charge on any atom is 0.416 e. The summed E-state index contributed by atoms with van der Waals surface area (Å²) in [6, 6.07) is 3.03. The van der Waals surface area contributed by atoms with Gasteiger partial charge in [0.05, 0.1) is 29.5 Å². The minimum Gasteiger partial charge on any atom is -0.449 e. The molecule has 3 amide bonds. The second kappa shape index (κ2) is 10.1. The number of rotatable bonds is 4. The number of nitrogens with two attached hydrogens (primary N) is 1. The first kappa shape index (κ1) is 27.4. The zero-order valence-electron chi connectivity index (χ0n) is 19.1. The number of ether oxygens (including phenoxy) is 1. The highest BCUT2D eigenvalue weighted by molar-refractivity contribution is 6.30. The molecular formula is C23H22ClF6N3O3. The average molecular weight is 538 g/mol. The van der Waals surface area contributed by atoms with Crippen LogP contribution in [0.15, 0.2) is 36.4 Å². The third-order valence-corrected chi connectivity index (χ3v) is 5.97. The minimum atomic E-state index is -5.05. The average Bonchev–Trinajstić information content (AvgIpc) is 2.75. The van der Waals surface area contributed by atoms with Crippen molar-refractivity contribution in [3.8, 4) is 0 Å². The predicted molar refractivity (Wildman–Crippen MR) is 119 cm³/mol. The number of anilines is 1. The molecule has 0 fully saturated rings. The van der Waals surface area contributed by atoms with Crippen molar-refractivity contribution in [1.82, 2.24) is 4.90 Å². The molecule has 0 saturated carbocycles. The third kappa shape index (κ3) is 5.80. The number of carbonyl (C=O) groups excluding carboxylic acids is 2. The van der Waals surface area contributed by atoms with Crippen molar-refractivity contribution in [2.24, 2.45) is 5.73 Å². The summed E-state index contributed by atoms with van der Waals surface area (Å²) in [7, 11) is 0. The topological polar surface area (TPSA) is 75.9 Å². The van der Waals surface area contributed by atoms with Crippen LogP contribution in [0.4, 0.5) is 41.6 Å². The van der Waals surface area contributed by atoms with Crippen LogP contribution in [0.5, 0.6) is 0 Å². The Hall–Kier alpha value is -3.15. The van der Waals surface area contributed by atoms with Gasteiger partial charge in [0.1, 0.15) is 0 Å². The lowest BCUT2D eigenvalue weighted by Gasteiger charge is -2.42. The fourth-order valence-electron chi connectivity index (χ4n) is 4.22. The van der Waals surface area contributed by atoms with E-state index in [1.54, 1.807) is 13.8 Å². The number of nitrogens with zero attached hydrogens (tertiary/aromatic N) is 2. The van der Waals surface area contributed by atoms with Crippen molar-refractivity contribution in [3.05, 3.63) is 63.7 Å². The molecule has 0 spiro atoms. The van der Waals surface area contributed by atoms with Crippen LogP contribution in [0.2, 0.25) is 5.02 Å². The molecule has 0 aliphatic carbocycles. The van der Waals surface area contributed by atoms with Crippen molar-refractivity contribution in [2.75, 3.05) is 11.5 Å². The Kier molecular flexibility index (Phi) is 7.68. The van der Waals surface area contributed by atoms with E-state index in [0.717, 1.165) is 4.90 Å². The van der Waals surface area contributed by atoms with E-state index in [1.807, 2.05) is 0 Å². The molecule has 1 aliphatic rings. The first-order valence-corrected chi connectivity index (χ1v) is 11.1. The Morgan fingerprint density at radius 1 is 1.08 bits per heavy atom. The second-order valence-electron chi connectivity index (χ2n) is 8.25. The number of carbonyl (C=O) groups is 2. The molecule has 0 radical (unpaired) electrons. The molecule has 3 rings (SSSR count). The largest absolute Gasteiger partial charge is 0.449 e. The van der Waals surface area contributed by atoms with Gasteiger partial charge in [-0.25, -0.2) is 9.59 Å². The monoisotopic (exact) mass is 537 g/mol. The molecule has 0 unspecified atom stereocenters. The van der Waals surface area contributed by atoms with Crippen LogP contribution in [-0.2, 0) is 23.6 Å². The van der Waals surface area contributed by atoms with Gasteiger partial charge < -0.3 is 15.4 Å². The molecule has 2 aromatic carbocycles. The summed E-state index contributed by atoms with van der Waals surface area (Å²) in [5.41, 5.74) is 2.79. The maximum absolute atomic E-state index is 13.3. The van der Waals surface area contributed by atoms with Gasteiger partial charge in [-0.3, -0.25) is 4.90 Å². The van der Waals surface area contributed by atoms with Gasteiger partial charge in [-0.05, 0) is 62.2 Å². The van der Waals surface area contributed by atoms with Gasteiger partial charge in [0.2, 0.25) is 0 Å². The smallest absolute Gasteiger partial charge is 0.416 e. The zero-order chi connectivity index (χ0) is 27.0. The summed E-state index contributed by atoms with van der Waals surface area (Å²) in [6.45, 7) is 2.73. The number of halogens is 7. The fraction of sp³-hybridized carbons (Fsp3) is 0.391. The molecule has 2 atom stereocenters. The molecular weight excluding hydrogens is 516 g/mol. The standard InChI is InChI=1S/C23H22ClF6N3O3/c1-3-36-21(35)33-12(2)6-19(17-10-16(24)4-5-18(17)33)32(20(31)34)11-13-7-14(22(25,26)27)9-15(8-13)23(28,29)30/h4-5,7-10,12,19H,3,6,11H2,1-2H3,(H2,31,34)/t12-,19+/m1/s1. The van der Waals surface area contributed by atoms with E-state index in [-0.39, 0.29) is 24.1 Å². The van der Waals surface area contributed by atoms with Gasteiger partial charge in [0.15, 0.2) is 0 Å². The Morgan fingerprint density at radius 2 is 1.67 bits per heavy atom. The molecule has 2 N–H and O–H groups in total. The number of urea groups is 1. The molecule has 1 heterocycles.